The van der Waals surface area contributed by atoms with Gasteiger partial charge >= 0.3 is 0 Å². The molecule has 152 valence electrons. The van der Waals surface area contributed by atoms with Crippen LogP contribution in [0.2, 0.25) is 0 Å². The molecule has 0 aliphatic carbocycles. The van der Waals surface area contributed by atoms with Gasteiger partial charge in [-0.3, -0.25) is 4.79 Å². The van der Waals surface area contributed by atoms with Gasteiger partial charge in [0, 0.05) is 36.0 Å². The van der Waals surface area contributed by atoms with Crippen molar-refractivity contribution in [2.45, 2.75) is 39.2 Å². The summed E-state index contributed by atoms with van der Waals surface area (Å²) in [6.07, 6.45) is 2.85. The van der Waals surface area contributed by atoms with Gasteiger partial charge in [-0.1, -0.05) is 5.16 Å². The van der Waals surface area contributed by atoms with E-state index in [-0.39, 0.29) is 12.0 Å². The Morgan fingerprint density at radius 3 is 2.86 bits per heavy atom. The van der Waals surface area contributed by atoms with Gasteiger partial charge in [-0.05, 0) is 68.3 Å². The molecule has 3 heterocycles. The Hall–Kier alpha value is -2.67. The molecular formula is C22H25N3O3S. The molecule has 4 rings (SSSR count). The fourth-order valence-corrected chi connectivity index (χ4v) is 4.27. The van der Waals surface area contributed by atoms with Gasteiger partial charge in [0.2, 0.25) is 11.7 Å². The van der Waals surface area contributed by atoms with Crippen LogP contribution in [0.1, 0.15) is 42.9 Å². The zero-order chi connectivity index (χ0) is 20.2. The van der Waals surface area contributed by atoms with Crippen LogP contribution in [-0.4, -0.2) is 40.1 Å². The van der Waals surface area contributed by atoms with E-state index in [4.69, 9.17) is 9.26 Å². The maximum Gasteiger partial charge on any atom is 0.253 e. The van der Waals surface area contributed by atoms with Gasteiger partial charge < -0.3 is 14.2 Å². The number of rotatable bonds is 6. The lowest BCUT2D eigenvalue weighted by molar-refractivity contribution is 0.0668. The molecule has 0 saturated carbocycles. The van der Waals surface area contributed by atoms with Gasteiger partial charge in [0.15, 0.2) is 0 Å². The summed E-state index contributed by atoms with van der Waals surface area (Å²) in [6, 6.07) is 9.39. The summed E-state index contributed by atoms with van der Waals surface area (Å²) in [5, 5.41) is 8.09. The minimum Gasteiger partial charge on any atom is -0.491 e. The van der Waals surface area contributed by atoms with Crippen LogP contribution in [-0.2, 0) is 6.42 Å². The minimum absolute atomic E-state index is 0.0651. The highest BCUT2D eigenvalue weighted by atomic mass is 32.1. The standard InChI is InChI=1S/C22H25N3O3S/c1-15(2)27-19-7-5-17(6-8-19)22(26)25-10-3-4-16(13-25)12-20-23-21(24-28-20)18-9-11-29-14-18/h5-9,11,14-16H,3-4,10,12-13H2,1-2H3. The molecule has 1 unspecified atom stereocenters. The number of aromatic nitrogens is 2. The Bertz CT molecular complexity index is 935. The van der Waals surface area contributed by atoms with E-state index in [1.54, 1.807) is 11.3 Å². The number of hydrogen-bond acceptors (Lipinski definition) is 6. The SMILES string of the molecule is CC(C)Oc1ccc(C(=O)N2CCCC(Cc3nc(-c4ccsc4)no3)C2)cc1. The lowest BCUT2D eigenvalue weighted by Gasteiger charge is -2.32. The summed E-state index contributed by atoms with van der Waals surface area (Å²) in [5.41, 5.74) is 1.68. The van der Waals surface area contributed by atoms with Crippen LogP contribution in [0.5, 0.6) is 5.75 Å². The average molecular weight is 412 g/mol. The summed E-state index contributed by atoms with van der Waals surface area (Å²) < 4.78 is 11.1. The van der Waals surface area contributed by atoms with E-state index in [2.05, 4.69) is 10.1 Å². The fraction of sp³-hybridized carbons (Fsp3) is 0.409. The topological polar surface area (TPSA) is 68.5 Å². The summed E-state index contributed by atoms with van der Waals surface area (Å²) in [6.45, 7) is 5.46. The van der Waals surface area contributed by atoms with Crippen LogP contribution in [0.4, 0.5) is 0 Å². The number of amides is 1. The van der Waals surface area contributed by atoms with Gasteiger partial charge in [0.1, 0.15) is 5.75 Å². The third-order valence-electron chi connectivity index (χ3n) is 4.99. The van der Waals surface area contributed by atoms with E-state index >= 15 is 0 Å². The van der Waals surface area contributed by atoms with Gasteiger partial charge in [-0.25, -0.2) is 0 Å². The Labute approximate surface area is 174 Å². The molecule has 1 aromatic carbocycles. The lowest BCUT2D eigenvalue weighted by Crippen LogP contribution is -2.40. The van der Waals surface area contributed by atoms with Crippen LogP contribution >= 0.6 is 11.3 Å². The zero-order valence-corrected chi connectivity index (χ0v) is 17.5. The first-order chi connectivity index (χ1) is 14.1. The number of nitrogens with zero attached hydrogens (tertiary/aromatic N) is 3. The number of ether oxygens (including phenoxy) is 1. The highest BCUT2D eigenvalue weighted by molar-refractivity contribution is 7.08. The van der Waals surface area contributed by atoms with Crippen molar-refractivity contribution in [2.24, 2.45) is 5.92 Å². The van der Waals surface area contributed by atoms with Crippen LogP contribution in [0.3, 0.4) is 0 Å². The molecule has 1 amide bonds. The van der Waals surface area contributed by atoms with Crippen molar-refractivity contribution < 1.29 is 14.1 Å². The third-order valence-corrected chi connectivity index (χ3v) is 5.67. The van der Waals surface area contributed by atoms with Crippen LogP contribution in [0, 0.1) is 5.92 Å². The van der Waals surface area contributed by atoms with E-state index in [0.717, 1.165) is 30.7 Å². The summed E-state index contributed by atoms with van der Waals surface area (Å²) in [7, 11) is 0. The smallest absolute Gasteiger partial charge is 0.253 e. The maximum atomic E-state index is 12.9. The molecule has 1 fully saturated rings. The van der Waals surface area contributed by atoms with Crippen molar-refractivity contribution in [1.29, 1.82) is 0 Å². The van der Waals surface area contributed by atoms with Gasteiger partial charge in [-0.15, -0.1) is 0 Å². The highest BCUT2D eigenvalue weighted by Crippen LogP contribution is 2.24. The number of likely N-dealkylation sites (tertiary alicyclic amines) is 1. The summed E-state index contributed by atoms with van der Waals surface area (Å²) >= 11 is 1.61. The molecule has 0 bridgehead atoms. The van der Waals surface area contributed by atoms with Crippen molar-refractivity contribution in [1.82, 2.24) is 15.0 Å². The predicted molar refractivity (Wildman–Crippen MR) is 112 cm³/mol. The van der Waals surface area contributed by atoms with Crippen LogP contribution in [0.15, 0.2) is 45.6 Å². The Balaban J connectivity index is 1.37. The molecule has 3 aromatic rings. The minimum atomic E-state index is 0.0651. The molecule has 1 aliphatic rings. The number of benzene rings is 1. The number of carbonyl (C=O) groups excluding carboxylic acids is 1. The first-order valence-electron chi connectivity index (χ1n) is 9.99. The van der Waals surface area contributed by atoms with Crippen molar-refractivity contribution in [3.05, 3.63) is 52.5 Å². The van der Waals surface area contributed by atoms with E-state index in [1.807, 2.05) is 59.8 Å². The maximum absolute atomic E-state index is 12.9. The number of hydrogen-bond donors (Lipinski definition) is 0. The van der Waals surface area contributed by atoms with Crippen molar-refractivity contribution in [2.75, 3.05) is 13.1 Å². The number of piperidine rings is 1. The molecule has 29 heavy (non-hydrogen) atoms. The van der Waals surface area contributed by atoms with Crippen molar-refractivity contribution >= 4 is 17.2 Å². The molecule has 2 aromatic heterocycles. The van der Waals surface area contributed by atoms with Crippen molar-refractivity contribution in [3.63, 3.8) is 0 Å². The first-order valence-corrected chi connectivity index (χ1v) is 10.9. The van der Waals surface area contributed by atoms with Gasteiger partial charge in [0.25, 0.3) is 5.91 Å². The van der Waals surface area contributed by atoms with Gasteiger partial charge in [-0.2, -0.15) is 16.3 Å². The van der Waals surface area contributed by atoms with E-state index in [0.29, 0.717) is 36.2 Å². The molecule has 0 radical (unpaired) electrons. The third kappa shape index (κ3) is 4.85. The van der Waals surface area contributed by atoms with Crippen LogP contribution in [0.25, 0.3) is 11.4 Å². The average Bonchev–Trinajstić information content (AvgIpc) is 3.40. The van der Waals surface area contributed by atoms with E-state index in [9.17, 15) is 4.79 Å². The Morgan fingerprint density at radius 2 is 2.14 bits per heavy atom. The fourth-order valence-electron chi connectivity index (χ4n) is 3.64. The highest BCUT2D eigenvalue weighted by Gasteiger charge is 2.26. The second kappa shape index (κ2) is 8.78. The molecule has 6 nitrogen and oxygen atoms in total. The normalized spacial score (nSPS) is 16.9. The summed E-state index contributed by atoms with van der Waals surface area (Å²) in [5.74, 6) is 2.45. The van der Waals surface area contributed by atoms with Crippen molar-refractivity contribution in [3.8, 4) is 17.1 Å². The second-order valence-electron chi connectivity index (χ2n) is 7.68. The second-order valence-corrected chi connectivity index (χ2v) is 8.46. The molecule has 1 saturated heterocycles. The van der Waals surface area contributed by atoms with Crippen LogP contribution < -0.4 is 4.74 Å². The first kappa shape index (κ1) is 19.6. The largest absolute Gasteiger partial charge is 0.491 e. The zero-order valence-electron chi connectivity index (χ0n) is 16.7. The molecule has 7 heteroatoms. The molecule has 1 aliphatic heterocycles. The molecule has 0 N–H and O–H groups in total. The molecule has 0 spiro atoms. The Morgan fingerprint density at radius 1 is 1.31 bits per heavy atom. The number of carbonyl (C=O) groups is 1. The predicted octanol–water partition coefficient (Wildman–Crippen LogP) is 4.68. The van der Waals surface area contributed by atoms with Gasteiger partial charge in [0.05, 0.1) is 6.10 Å². The molecule has 1 atom stereocenters. The van der Waals surface area contributed by atoms with E-state index in [1.165, 1.54) is 0 Å². The monoisotopic (exact) mass is 411 g/mol. The Kier molecular flexibility index (Phi) is 5.94. The number of thiophene rings is 1. The lowest BCUT2D eigenvalue weighted by atomic mass is 9.94. The summed E-state index contributed by atoms with van der Waals surface area (Å²) in [4.78, 5) is 19.4. The molecular weight excluding hydrogens is 386 g/mol. The van der Waals surface area contributed by atoms with E-state index < -0.39 is 0 Å². The quantitative estimate of drug-likeness (QED) is 0.589.